The van der Waals surface area contributed by atoms with Crippen molar-refractivity contribution in [3.8, 4) is 0 Å². The van der Waals surface area contributed by atoms with Crippen LogP contribution in [0.3, 0.4) is 0 Å². The van der Waals surface area contributed by atoms with Gasteiger partial charge in [0.1, 0.15) is 24.3 Å². The summed E-state index contributed by atoms with van der Waals surface area (Å²) < 4.78 is 15.2. The normalized spacial score (nSPS) is 20.1. The molecule has 2 atom stereocenters. The zero-order valence-electron chi connectivity index (χ0n) is 17.9. The van der Waals surface area contributed by atoms with E-state index < -0.39 is 48.2 Å². The summed E-state index contributed by atoms with van der Waals surface area (Å²) in [5.74, 6) is -1.56. The summed E-state index contributed by atoms with van der Waals surface area (Å²) in [5.41, 5.74) is 6.43. The van der Waals surface area contributed by atoms with Gasteiger partial charge < -0.3 is 30.6 Å². The number of nitrogen functional groups attached to an aromatic ring is 1. The summed E-state index contributed by atoms with van der Waals surface area (Å²) in [6.45, 7) is 4.53. The number of hydrogen-bond donors (Lipinski definition) is 3. The topological polar surface area (TPSA) is 146 Å². The number of anilines is 1. The lowest BCUT2D eigenvalue weighted by Gasteiger charge is -2.25. The zero-order valence-corrected chi connectivity index (χ0v) is 18.7. The zero-order chi connectivity index (χ0) is 23.2. The number of methoxy groups -OCH3 is 1. The summed E-state index contributed by atoms with van der Waals surface area (Å²) in [6, 6.07) is 2.57. The second-order valence-electron chi connectivity index (χ2n) is 7.77. The van der Waals surface area contributed by atoms with Crippen molar-refractivity contribution in [2.45, 2.75) is 44.2 Å². The van der Waals surface area contributed by atoms with Gasteiger partial charge in [-0.15, -0.1) is 0 Å². The monoisotopic (exact) mass is 453 g/mol. The number of cyclic esters (lactones) is 1. The summed E-state index contributed by atoms with van der Waals surface area (Å²) in [4.78, 5) is 49.7. The molecule has 1 aliphatic heterocycles. The average Bonchev–Trinajstić information content (AvgIpc) is 2.68. The number of carbonyl (C=O) groups is 4. The van der Waals surface area contributed by atoms with Gasteiger partial charge in [0.05, 0.1) is 12.7 Å². The Morgan fingerprint density at radius 2 is 2.00 bits per heavy atom. The Labute approximate surface area is 184 Å². The number of esters is 2. The van der Waals surface area contributed by atoms with Crippen molar-refractivity contribution in [2.75, 3.05) is 25.2 Å². The number of benzene rings is 1. The smallest absolute Gasteiger partial charge is 0.408 e. The molecule has 1 aliphatic rings. The molecular weight excluding hydrogens is 426 g/mol. The molecule has 0 fully saturated rings. The quantitative estimate of drug-likeness (QED) is 0.342. The molecule has 4 N–H and O–H groups in total. The molecule has 1 aromatic rings. The molecule has 0 aliphatic carbocycles. The van der Waals surface area contributed by atoms with Gasteiger partial charge in [-0.1, -0.05) is 6.07 Å². The van der Waals surface area contributed by atoms with Crippen LogP contribution in [-0.4, -0.2) is 61.1 Å². The molecule has 0 radical (unpaired) electrons. The first-order chi connectivity index (χ1) is 14.5. The van der Waals surface area contributed by atoms with Crippen LogP contribution in [0.4, 0.5) is 10.5 Å². The van der Waals surface area contributed by atoms with Crippen LogP contribution in [0.25, 0.3) is 0 Å². The molecule has 0 aromatic heterocycles. The van der Waals surface area contributed by atoms with Crippen LogP contribution in [0.5, 0.6) is 0 Å². The molecule has 1 heterocycles. The van der Waals surface area contributed by atoms with Crippen LogP contribution in [0.1, 0.15) is 36.7 Å². The lowest BCUT2D eigenvalue weighted by atomic mass is 10.1. The van der Waals surface area contributed by atoms with Crippen LogP contribution in [0, 0.1) is 0 Å². The van der Waals surface area contributed by atoms with Crippen molar-refractivity contribution >= 4 is 41.4 Å². The molecule has 10 nitrogen and oxygen atoms in total. The van der Waals surface area contributed by atoms with E-state index in [2.05, 4.69) is 10.6 Å². The highest BCUT2D eigenvalue weighted by molar-refractivity contribution is 7.98. The molecule has 0 unspecified atom stereocenters. The van der Waals surface area contributed by atoms with Crippen molar-refractivity contribution < 1.29 is 33.4 Å². The Hall–Kier alpha value is -2.95. The van der Waals surface area contributed by atoms with Crippen LogP contribution in [-0.2, 0) is 29.6 Å². The first kappa shape index (κ1) is 24.3. The number of fused-ring (bicyclic) bond motifs is 1. The molecule has 31 heavy (non-hydrogen) atoms. The average molecular weight is 454 g/mol. The molecule has 2 amide bonds. The minimum absolute atomic E-state index is 0.167. The fraction of sp³-hybridized carbons (Fsp3) is 0.500. The molecular formula is C20H27N3O7S. The summed E-state index contributed by atoms with van der Waals surface area (Å²) in [6.07, 6.45) is -0.871. The molecule has 0 spiro atoms. The SMILES string of the molecule is COC(=O)[C@@H]1CSCc2c(N)cccc2C(=O)OC[C@H](NC(=O)OC(C)(C)C)C(=O)N1. The Balaban J connectivity index is 2.32. The summed E-state index contributed by atoms with van der Waals surface area (Å²) in [5, 5.41) is 4.91. The van der Waals surface area contributed by atoms with Gasteiger partial charge in [-0.2, -0.15) is 11.8 Å². The first-order valence-corrected chi connectivity index (χ1v) is 10.7. The van der Waals surface area contributed by atoms with E-state index in [1.54, 1.807) is 39.0 Å². The third-order valence-corrected chi connectivity index (χ3v) is 5.22. The molecule has 170 valence electrons. The van der Waals surface area contributed by atoms with Gasteiger partial charge in [0, 0.05) is 17.2 Å². The number of ether oxygens (including phenoxy) is 3. The number of nitrogens with one attached hydrogen (secondary N) is 2. The maximum atomic E-state index is 12.8. The Kier molecular flexibility index (Phi) is 8.14. The highest BCUT2D eigenvalue weighted by Gasteiger charge is 2.31. The van der Waals surface area contributed by atoms with Gasteiger partial charge >= 0.3 is 18.0 Å². The van der Waals surface area contributed by atoms with Gasteiger partial charge in [0.25, 0.3) is 0 Å². The van der Waals surface area contributed by atoms with Crippen LogP contribution in [0.2, 0.25) is 0 Å². The number of thioether (sulfide) groups is 1. The van der Waals surface area contributed by atoms with Crippen molar-refractivity contribution in [2.24, 2.45) is 0 Å². The second kappa shape index (κ2) is 10.4. The minimum Gasteiger partial charge on any atom is -0.467 e. The van der Waals surface area contributed by atoms with E-state index in [1.165, 1.54) is 18.9 Å². The van der Waals surface area contributed by atoms with Crippen LogP contribution >= 0.6 is 11.8 Å². The number of rotatable bonds is 2. The van der Waals surface area contributed by atoms with Crippen molar-refractivity contribution in [3.05, 3.63) is 29.3 Å². The summed E-state index contributed by atoms with van der Waals surface area (Å²) >= 11 is 1.29. The molecule has 2 rings (SSSR count). The van der Waals surface area contributed by atoms with Gasteiger partial charge in [-0.25, -0.2) is 14.4 Å². The third kappa shape index (κ3) is 7.06. The van der Waals surface area contributed by atoms with E-state index in [-0.39, 0.29) is 11.3 Å². The van der Waals surface area contributed by atoms with E-state index in [9.17, 15) is 19.2 Å². The Morgan fingerprint density at radius 3 is 2.65 bits per heavy atom. The van der Waals surface area contributed by atoms with Gasteiger partial charge in [-0.05, 0) is 38.5 Å². The number of nitrogens with two attached hydrogens (primary N) is 1. The lowest BCUT2D eigenvalue weighted by Crippen LogP contribution is -2.55. The standard InChI is InChI=1S/C20H27N3O7S/c1-20(2,3)30-19(27)23-14-8-29-17(25)11-6-5-7-13(21)12(11)9-31-10-15(18(26)28-4)22-16(14)24/h5-7,14-15H,8-10,21H2,1-4H3,(H,22,24)(H,23,27)/t14-,15-/m0/s1. The third-order valence-electron chi connectivity index (χ3n) is 4.15. The van der Waals surface area contributed by atoms with E-state index >= 15 is 0 Å². The number of hydrogen-bond acceptors (Lipinski definition) is 9. The fourth-order valence-electron chi connectivity index (χ4n) is 2.69. The predicted molar refractivity (Wildman–Crippen MR) is 114 cm³/mol. The molecule has 0 saturated carbocycles. The second-order valence-corrected chi connectivity index (χ2v) is 8.80. The fourth-order valence-corrected chi connectivity index (χ4v) is 3.79. The van der Waals surface area contributed by atoms with E-state index in [1.807, 2.05) is 0 Å². The van der Waals surface area contributed by atoms with Crippen molar-refractivity contribution in [1.29, 1.82) is 0 Å². The minimum atomic E-state index is -1.29. The number of amides is 2. The molecule has 0 saturated heterocycles. The van der Waals surface area contributed by atoms with Gasteiger partial charge in [-0.3, -0.25) is 4.79 Å². The molecule has 1 aromatic carbocycles. The maximum absolute atomic E-state index is 12.8. The molecule has 11 heteroatoms. The van der Waals surface area contributed by atoms with Crippen molar-refractivity contribution in [1.82, 2.24) is 10.6 Å². The highest BCUT2D eigenvalue weighted by Crippen LogP contribution is 2.24. The largest absolute Gasteiger partial charge is 0.467 e. The van der Waals surface area contributed by atoms with Crippen molar-refractivity contribution in [3.63, 3.8) is 0 Å². The number of alkyl carbamates (subject to hydrolysis) is 1. The first-order valence-electron chi connectivity index (χ1n) is 9.51. The Bertz CT molecular complexity index is 854. The lowest BCUT2D eigenvalue weighted by molar-refractivity contribution is -0.144. The number of carbonyl (C=O) groups excluding carboxylic acids is 4. The molecule has 0 bridgehead atoms. The Morgan fingerprint density at radius 1 is 1.29 bits per heavy atom. The van der Waals surface area contributed by atoms with E-state index in [0.29, 0.717) is 17.0 Å². The van der Waals surface area contributed by atoms with Crippen LogP contribution < -0.4 is 16.4 Å². The van der Waals surface area contributed by atoms with Gasteiger partial charge in [0.15, 0.2) is 0 Å². The van der Waals surface area contributed by atoms with Gasteiger partial charge in [0.2, 0.25) is 5.91 Å². The van der Waals surface area contributed by atoms with E-state index in [0.717, 1.165) is 0 Å². The summed E-state index contributed by atoms with van der Waals surface area (Å²) in [7, 11) is 1.21. The van der Waals surface area contributed by atoms with Crippen LogP contribution in [0.15, 0.2) is 18.2 Å². The predicted octanol–water partition coefficient (Wildman–Crippen LogP) is 1.22. The van der Waals surface area contributed by atoms with E-state index in [4.69, 9.17) is 19.9 Å². The highest BCUT2D eigenvalue weighted by atomic mass is 32.2. The maximum Gasteiger partial charge on any atom is 0.408 e.